The number of rotatable bonds is 13. The van der Waals surface area contributed by atoms with Crippen molar-refractivity contribution in [3.8, 4) is 5.75 Å². The first-order valence-electron chi connectivity index (χ1n) is 12.0. The third kappa shape index (κ3) is 9.09. The molecule has 0 aliphatic rings. The lowest BCUT2D eigenvalue weighted by Crippen LogP contribution is -2.48. The van der Waals surface area contributed by atoms with Gasteiger partial charge in [-0.05, 0) is 49.1 Å². The van der Waals surface area contributed by atoms with Crippen molar-refractivity contribution in [3.05, 3.63) is 58.1 Å². The van der Waals surface area contributed by atoms with Crippen molar-refractivity contribution in [2.45, 2.75) is 46.2 Å². The van der Waals surface area contributed by atoms with Crippen LogP contribution in [0.25, 0.3) is 0 Å². The number of carbonyl (C=O) groups is 2. The van der Waals surface area contributed by atoms with Gasteiger partial charge in [0.25, 0.3) is 0 Å². The van der Waals surface area contributed by atoms with E-state index in [0.717, 1.165) is 6.26 Å². The number of carbonyl (C=O) groups excluding carboxylic acids is 2. The number of benzene rings is 2. The molecule has 0 saturated heterocycles. The first-order chi connectivity index (χ1) is 17.3. The monoisotopic (exact) mass is 571 g/mol. The van der Waals surface area contributed by atoms with Crippen LogP contribution in [0, 0.1) is 5.92 Å². The highest BCUT2D eigenvalue weighted by molar-refractivity contribution is 7.92. The zero-order valence-corrected chi connectivity index (χ0v) is 24.2. The summed E-state index contributed by atoms with van der Waals surface area (Å²) in [7, 11) is -2.17. The van der Waals surface area contributed by atoms with Crippen LogP contribution in [0.15, 0.2) is 42.5 Å². The lowest BCUT2D eigenvalue weighted by Gasteiger charge is -2.30. The van der Waals surface area contributed by atoms with E-state index in [1.165, 1.54) is 16.3 Å². The van der Waals surface area contributed by atoms with Gasteiger partial charge in [-0.15, -0.1) is 0 Å². The molecular weight excluding hydrogens is 537 g/mol. The van der Waals surface area contributed by atoms with Gasteiger partial charge in [0.2, 0.25) is 21.8 Å². The zero-order chi connectivity index (χ0) is 27.8. The van der Waals surface area contributed by atoms with Crippen LogP contribution in [0.2, 0.25) is 10.0 Å². The Morgan fingerprint density at radius 3 is 2.35 bits per heavy atom. The van der Waals surface area contributed by atoms with Crippen LogP contribution in [0.3, 0.4) is 0 Å². The highest BCUT2D eigenvalue weighted by Crippen LogP contribution is 2.30. The van der Waals surface area contributed by atoms with Crippen molar-refractivity contribution in [3.63, 3.8) is 0 Å². The molecule has 0 aromatic heterocycles. The molecule has 0 bridgehead atoms. The van der Waals surface area contributed by atoms with E-state index in [0.29, 0.717) is 33.6 Å². The molecule has 2 aromatic carbocycles. The summed E-state index contributed by atoms with van der Waals surface area (Å²) < 4.78 is 31.6. The van der Waals surface area contributed by atoms with Crippen LogP contribution in [0.4, 0.5) is 5.69 Å². The van der Waals surface area contributed by atoms with Gasteiger partial charge in [0, 0.05) is 36.1 Å². The Balaban J connectivity index is 2.22. The average Bonchev–Trinajstić information content (AvgIpc) is 2.83. The number of para-hydroxylation sites is 2. The van der Waals surface area contributed by atoms with Crippen LogP contribution < -0.4 is 14.4 Å². The Bertz CT molecular complexity index is 1190. The molecule has 37 heavy (non-hydrogen) atoms. The summed E-state index contributed by atoms with van der Waals surface area (Å²) in [5.74, 6) is 0.0854. The van der Waals surface area contributed by atoms with Crippen molar-refractivity contribution in [2.24, 2.45) is 5.92 Å². The van der Waals surface area contributed by atoms with Crippen LogP contribution in [-0.4, -0.2) is 57.6 Å². The second-order valence-corrected chi connectivity index (χ2v) is 11.9. The van der Waals surface area contributed by atoms with E-state index in [1.807, 2.05) is 13.8 Å². The number of anilines is 1. The maximum absolute atomic E-state index is 13.4. The SMILES string of the molecule is COc1ccccc1N(CCCC(=O)N(Cc1ccc(Cl)cc1Cl)C(C)C(=O)NCC(C)C)S(C)(=O)=O. The standard InChI is InChI=1S/C26H35Cl2N3O5S/c1-18(2)16-29-26(33)19(3)30(17-20-12-13-21(27)15-22(20)28)25(32)11-8-14-31(37(5,34)35)23-9-6-7-10-24(23)36-4/h6-7,9-10,12-13,15,18-19H,8,11,14,16-17H2,1-5H3,(H,29,33). The topological polar surface area (TPSA) is 96.0 Å². The molecule has 0 aliphatic carbocycles. The van der Waals surface area contributed by atoms with Crippen molar-refractivity contribution in [1.82, 2.24) is 10.2 Å². The van der Waals surface area contributed by atoms with Gasteiger partial charge in [-0.25, -0.2) is 8.42 Å². The highest BCUT2D eigenvalue weighted by Gasteiger charge is 2.27. The third-order valence-corrected chi connectivity index (χ3v) is 7.48. The number of nitrogens with one attached hydrogen (secondary N) is 1. The van der Waals surface area contributed by atoms with E-state index in [1.54, 1.807) is 49.4 Å². The van der Waals surface area contributed by atoms with E-state index in [2.05, 4.69) is 5.32 Å². The molecule has 1 atom stereocenters. The number of hydrogen-bond acceptors (Lipinski definition) is 5. The van der Waals surface area contributed by atoms with Gasteiger partial charge in [-0.1, -0.05) is 55.2 Å². The van der Waals surface area contributed by atoms with Gasteiger partial charge in [-0.2, -0.15) is 0 Å². The van der Waals surface area contributed by atoms with Crippen molar-refractivity contribution in [2.75, 3.05) is 30.8 Å². The Kier molecular flexibility index (Phi) is 11.5. The van der Waals surface area contributed by atoms with E-state index in [4.69, 9.17) is 27.9 Å². The molecule has 0 fully saturated rings. The molecule has 0 spiro atoms. The molecule has 0 heterocycles. The summed E-state index contributed by atoms with van der Waals surface area (Å²) in [4.78, 5) is 27.7. The second-order valence-electron chi connectivity index (χ2n) is 9.18. The Morgan fingerprint density at radius 1 is 1.08 bits per heavy atom. The van der Waals surface area contributed by atoms with E-state index >= 15 is 0 Å². The minimum Gasteiger partial charge on any atom is -0.495 e. The second kappa shape index (κ2) is 13.9. The smallest absolute Gasteiger partial charge is 0.242 e. The molecule has 11 heteroatoms. The van der Waals surface area contributed by atoms with E-state index < -0.39 is 16.1 Å². The third-order valence-electron chi connectivity index (χ3n) is 5.71. The number of methoxy groups -OCH3 is 1. The molecule has 0 saturated carbocycles. The largest absolute Gasteiger partial charge is 0.495 e. The van der Waals surface area contributed by atoms with Crippen molar-refractivity contribution in [1.29, 1.82) is 0 Å². The van der Waals surface area contributed by atoms with Gasteiger partial charge in [-0.3, -0.25) is 13.9 Å². The zero-order valence-electron chi connectivity index (χ0n) is 21.8. The molecule has 0 radical (unpaired) electrons. The molecule has 204 valence electrons. The van der Waals surface area contributed by atoms with Gasteiger partial charge in [0.15, 0.2) is 0 Å². The fourth-order valence-corrected chi connectivity index (χ4v) is 5.12. The molecule has 8 nitrogen and oxygen atoms in total. The Labute approximate surface area is 229 Å². The van der Waals surface area contributed by atoms with Gasteiger partial charge in [0.1, 0.15) is 11.8 Å². The maximum atomic E-state index is 13.4. The normalized spacial score (nSPS) is 12.2. The summed E-state index contributed by atoms with van der Waals surface area (Å²) in [6, 6.07) is 11.0. The molecule has 1 N–H and O–H groups in total. The fourth-order valence-electron chi connectivity index (χ4n) is 3.69. The first kappa shape index (κ1) is 30.7. The number of amides is 2. The molecular formula is C26H35Cl2N3O5S. The lowest BCUT2D eigenvalue weighted by molar-refractivity contribution is -0.140. The molecule has 2 rings (SSSR count). The molecule has 1 unspecified atom stereocenters. The van der Waals surface area contributed by atoms with Gasteiger partial charge < -0.3 is 15.0 Å². The number of hydrogen-bond donors (Lipinski definition) is 1. The molecule has 2 aromatic rings. The van der Waals surface area contributed by atoms with Crippen LogP contribution in [0.1, 0.15) is 39.2 Å². The first-order valence-corrected chi connectivity index (χ1v) is 14.6. The molecule has 2 amide bonds. The van der Waals surface area contributed by atoms with E-state index in [-0.39, 0.29) is 43.7 Å². The Hall–Kier alpha value is -2.49. The quantitative estimate of drug-likeness (QED) is 0.374. The predicted molar refractivity (Wildman–Crippen MR) is 149 cm³/mol. The fraction of sp³-hybridized carbons (Fsp3) is 0.462. The van der Waals surface area contributed by atoms with Crippen LogP contribution >= 0.6 is 23.2 Å². The van der Waals surface area contributed by atoms with Crippen LogP contribution in [-0.2, 0) is 26.2 Å². The van der Waals surface area contributed by atoms with Crippen molar-refractivity contribution < 1.29 is 22.7 Å². The highest BCUT2D eigenvalue weighted by atomic mass is 35.5. The Morgan fingerprint density at radius 2 is 1.76 bits per heavy atom. The number of sulfonamides is 1. The summed E-state index contributed by atoms with van der Waals surface area (Å²) in [5, 5.41) is 3.72. The maximum Gasteiger partial charge on any atom is 0.242 e. The number of halogens is 2. The summed E-state index contributed by atoms with van der Waals surface area (Å²) in [6.45, 7) is 6.28. The predicted octanol–water partition coefficient (Wildman–Crippen LogP) is 4.74. The molecule has 0 aliphatic heterocycles. The lowest BCUT2D eigenvalue weighted by atomic mass is 10.1. The van der Waals surface area contributed by atoms with Crippen molar-refractivity contribution >= 4 is 50.7 Å². The van der Waals surface area contributed by atoms with Gasteiger partial charge >= 0.3 is 0 Å². The summed E-state index contributed by atoms with van der Waals surface area (Å²) >= 11 is 12.4. The van der Waals surface area contributed by atoms with Gasteiger partial charge in [0.05, 0.1) is 19.1 Å². The number of nitrogens with zero attached hydrogens (tertiary/aromatic N) is 2. The minimum absolute atomic E-state index is 0.0220. The average molecular weight is 573 g/mol. The van der Waals surface area contributed by atoms with E-state index in [9.17, 15) is 18.0 Å². The minimum atomic E-state index is -3.64. The number of ether oxygens (including phenoxy) is 1. The summed E-state index contributed by atoms with van der Waals surface area (Å²) in [5.41, 5.74) is 1.04. The van der Waals surface area contributed by atoms with Crippen LogP contribution in [0.5, 0.6) is 5.75 Å². The summed E-state index contributed by atoms with van der Waals surface area (Å²) in [6.07, 6.45) is 1.36.